The summed E-state index contributed by atoms with van der Waals surface area (Å²) in [6.07, 6.45) is 0. The van der Waals surface area contributed by atoms with Crippen LogP contribution in [0.3, 0.4) is 0 Å². The highest BCUT2D eigenvalue weighted by molar-refractivity contribution is 6.32. The molecule has 1 aromatic heterocycles. The Balaban J connectivity index is 1.91. The van der Waals surface area contributed by atoms with Gasteiger partial charge in [0.25, 0.3) is 5.89 Å². The maximum atomic E-state index is 6.31. The summed E-state index contributed by atoms with van der Waals surface area (Å²) in [6, 6.07) is 3.63. The van der Waals surface area contributed by atoms with Crippen molar-refractivity contribution in [2.75, 3.05) is 40.4 Å². The predicted octanol–water partition coefficient (Wildman–Crippen LogP) is 2.37. The van der Waals surface area contributed by atoms with Gasteiger partial charge in [0.05, 0.1) is 24.8 Å². The number of hydrogen-bond donors (Lipinski definition) is 1. The molecule has 7 nitrogen and oxygen atoms in total. The minimum Gasteiger partial charge on any atom is -0.493 e. The normalized spacial score (nSPS) is 18.6. The topological polar surface area (TPSA) is 72.7 Å². The monoisotopic (exact) mass is 352 g/mol. The number of benzene rings is 1. The van der Waals surface area contributed by atoms with Gasteiger partial charge in [-0.2, -0.15) is 4.98 Å². The van der Waals surface area contributed by atoms with Crippen LogP contribution in [0.1, 0.15) is 18.8 Å². The van der Waals surface area contributed by atoms with Crippen LogP contribution >= 0.6 is 11.6 Å². The number of aromatic nitrogens is 2. The van der Waals surface area contributed by atoms with Crippen molar-refractivity contribution in [2.45, 2.75) is 13.0 Å². The third-order valence-electron chi connectivity index (χ3n) is 4.02. The average Bonchev–Trinajstić information content (AvgIpc) is 3.07. The molecule has 0 radical (unpaired) electrons. The minimum absolute atomic E-state index is 0.0938. The number of rotatable bonds is 5. The first-order valence-corrected chi connectivity index (χ1v) is 8.27. The van der Waals surface area contributed by atoms with Crippen molar-refractivity contribution >= 4 is 11.6 Å². The van der Waals surface area contributed by atoms with Crippen molar-refractivity contribution in [3.05, 3.63) is 23.0 Å². The van der Waals surface area contributed by atoms with Gasteiger partial charge in [0.1, 0.15) is 0 Å². The number of piperazine rings is 1. The van der Waals surface area contributed by atoms with Crippen LogP contribution in [0.2, 0.25) is 5.02 Å². The molecule has 1 aromatic carbocycles. The van der Waals surface area contributed by atoms with Crippen molar-refractivity contribution in [3.63, 3.8) is 0 Å². The predicted molar refractivity (Wildman–Crippen MR) is 90.7 cm³/mol. The molecule has 24 heavy (non-hydrogen) atoms. The van der Waals surface area contributed by atoms with Crippen molar-refractivity contribution in [1.82, 2.24) is 20.4 Å². The summed E-state index contributed by atoms with van der Waals surface area (Å²) in [4.78, 5) is 6.74. The zero-order valence-corrected chi connectivity index (χ0v) is 14.8. The van der Waals surface area contributed by atoms with Gasteiger partial charge in [-0.25, -0.2) is 0 Å². The van der Waals surface area contributed by atoms with Gasteiger partial charge in [-0.1, -0.05) is 16.8 Å². The lowest BCUT2D eigenvalue weighted by molar-refractivity contribution is 0.190. The van der Waals surface area contributed by atoms with E-state index in [0.717, 1.165) is 19.6 Å². The molecule has 2 aromatic rings. The van der Waals surface area contributed by atoms with E-state index >= 15 is 0 Å². The third kappa shape index (κ3) is 3.33. The molecule has 2 heterocycles. The molecule has 1 N–H and O–H groups in total. The number of nitrogens with one attached hydrogen (secondary N) is 1. The zero-order valence-electron chi connectivity index (χ0n) is 14.0. The van der Waals surface area contributed by atoms with Crippen molar-refractivity contribution < 1.29 is 14.0 Å². The van der Waals surface area contributed by atoms with Crippen LogP contribution in [-0.4, -0.2) is 55.4 Å². The van der Waals surface area contributed by atoms with Gasteiger partial charge in [0.2, 0.25) is 0 Å². The number of hydrogen-bond acceptors (Lipinski definition) is 7. The lowest BCUT2D eigenvalue weighted by atomic mass is 10.2. The van der Waals surface area contributed by atoms with Gasteiger partial charge in [-0.05, 0) is 26.1 Å². The SMILES string of the molecule is CCOc1c(Cl)cc(-c2nc(C3CNCCN3C)no2)cc1OC. The van der Waals surface area contributed by atoms with E-state index in [9.17, 15) is 0 Å². The lowest BCUT2D eigenvalue weighted by Crippen LogP contribution is -2.44. The largest absolute Gasteiger partial charge is 0.493 e. The molecule has 1 saturated heterocycles. The highest BCUT2D eigenvalue weighted by Crippen LogP contribution is 2.39. The zero-order chi connectivity index (χ0) is 17.1. The molecule has 130 valence electrons. The smallest absolute Gasteiger partial charge is 0.258 e. The number of methoxy groups -OCH3 is 1. The lowest BCUT2D eigenvalue weighted by Gasteiger charge is -2.30. The molecule has 1 fully saturated rings. The summed E-state index contributed by atoms with van der Waals surface area (Å²) in [5, 5.41) is 7.91. The van der Waals surface area contributed by atoms with E-state index in [0.29, 0.717) is 40.4 Å². The molecular weight excluding hydrogens is 332 g/mol. The molecule has 1 aliphatic heterocycles. The number of likely N-dealkylation sites (N-methyl/N-ethyl adjacent to an activating group) is 1. The van der Waals surface area contributed by atoms with Crippen LogP contribution < -0.4 is 14.8 Å². The fourth-order valence-corrected chi connectivity index (χ4v) is 2.97. The standard InChI is InChI=1S/C16H21ClN4O3/c1-4-23-14-11(17)7-10(8-13(14)22-3)16-19-15(20-24-16)12-9-18-5-6-21(12)2/h7-8,12,18H,4-6,9H2,1-3H3. The van der Waals surface area contributed by atoms with Crippen LogP contribution in [0, 0.1) is 0 Å². The summed E-state index contributed by atoms with van der Waals surface area (Å²) in [7, 11) is 3.62. The summed E-state index contributed by atoms with van der Waals surface area (Å²) < 4.78 is 16.3. The highest BCUT2D eigenvalue weighted by atomic mass is 35.5. The van der Waals surface area contributed by atoms with Crippen molar-refractivity contribution in [3.8, 4) is 23.0 Å². The Hall–Kier alpha value is -1.83. The molecule has 3 rings (SSSR count). The van der Waals surface area contributed by atoms with E-state index < -0.39 is 0 Å². The first-order chi connectivity index (χ1) is 11.6. The van der Waals surface area contributed by atoms with E-state index in [-0.39, 0.29) is 6.04 Å². The van der Waals surface area contributed by atoms with Crippen LogP contribution in [0.25, 0.3) is 11.5 Å². The summed E-state index contributed by atoms with van der Waals surface area (Å²) in [5.74, 6) is 2.12. The molecule has 0 aliphatic carbocycles. The molecule has 0 saturated carbocycles. The second-order valence-corrected chi connectivity index (χ2v) is 5.99. The Bertz CT molecular complexity index is 707. The second-order valence-electron chi connectivity index (χ2n) is 5.58. The van der Waals surface area contributed by atoms with Crippen molar-refractivity contribution in [2.24, 2.45) is 0 Å². The van der Waals surface area contributed by atoms with Gasteiger partial charge in [0, 0.05) is 25.2 Å². The van der Waals surface area contributed by atoms with Crippen LogP contribution in [0.15, 0.2) is 16.7 Å². The molecular formula is C16H21ClN4O3. The summed E-state index contributed by atoms with van der Waals surface area (Å²) >= 11 is 6.31. The molecule has 8 heteroatoms. The fourth-order valence-electron chi connectivity index (χ4n) is 2.71. The van der Waals surface area contributed by atoms with Gasteiger partial charge in [-0.15, -0.1) is 0 Å². The highest BCUT2D eigenvalue weighted by Gasteiger charge is 2.26. The molecule has 1 aliphatic rings. The summed E-state index contributed by atoms with van der Waals surface area (Å²) in [6.45, 7) is 5.09. The maximum Gasteiger partial charge on any atom is 0.258 e. The first kappa shape index (κ1) is 17.0. The Kier molecular flexibility index (Phi) is 5.23. The van der Waals surface area contributed by atoms with E-state index in [1.165, 1.54) is 0 Å². The van der Waals surface area contributed by atoms with Gasteiger partial charge in [-0.3, -0.25) is 4.90 Å². The Morgan fingerprint density at radius 3 is 3.00 bits per heavy atom. The maximum absolute atomic E-state index is 6.31. The molecule has 1 atom stereocenters. The average molecular weight is 353 g/mol. The third-order valence-corrected chi connectivity index (χ3v) is 4.30. The second kappa shape index (κ2) is 7.38. The van der Waals surface area contributed by atoms with Crippen LogP contribution in [0.5, 0.6) is 11.5 Å². The van der Waals surface area contributed by atoms with Gasteiger partial charge < -0.3 is 19.3 Å². The number of nitrogens with zero attached hydrogens (tertiary/aromatic N) is 3. The minimum atomic E-state index is 0.0938. The fraction of sp³-hybridized carbons (Fsp3) is 0.500. The van der Waals surface area contributed by atoms with E-state index in [2.05, 4.69) is 27.4 Å². The Labute approximate surface area is 145 Å². The Morgan fingerprint density at radius 1 is 1.46 bits per heavy atom. The van der Waals surface area contributed by atoms with Gasteiger partial charge in [0.15, 0.2) is 17.3 Å². The van der Waals surface area contributed by atoms with E-state index in [1.807, 2.05) is 6.92 Å². The van der Waals surface area contributed by atoms with E-state index in [1.54, 1.807) is 19.2 Å². The van der Waals surface area contributed by atoms with E-state index in [4.69, 9.17) is 25.6 Å². The summed E-state index contributed by atoms with van der Waals surface area (Å²) in [5.41, 5.74) is 0.700. The molecule has 1 unspecified atom stereocenters. The molecule has 0 spiro atoms. The quantitative estimate of drug-likeness (QED) is 0.885. The Morgan fingerprint density at radius 2 is 2.29 bits per heavy atom. The number of ether oxygens (including phenoxy) is 2. The van der Waals surface area contributed by atoms with Crippen molar-refractivity contribution in [1.29, 1.82) is 0 Å². The number of halogens is 1. The first-order valence-electron chi connectivity index (χ1n) is 7.89. The molecule has 0 amide bonds. The van der Waals surface area contributed by atoms with Gasteiger partial charge >= 0.3 is 0 Å². The van der Waals surface area contributed by atoms with Crippen LogP contribution in [0.4, 0.5) is 0 Å². The molecule has 0 bridgehead atoms. The van der Waals surface area contributed by atoms with Crippen LogP contribution in [-0.2, 0) is 0 Å².